The van der Waals surface area contributed by atoms with Crippen molar-refractivity contribution in [2.75, 3.05) is 6.61 Å². The first-order valence-electron chi connectivity index (χ1n) is 3.59. The molecule has 2 atom stereocenters. The van der Waals surface area contributed by atoms with Crippen LogP contribution >= 0.6 is 0 Å². The number of carboxylic acid groups (broad SMARTS) is 1. The average molecular weight is 175 g/mol. The molecule has 3 N–H and O–H groups in total. The third-order valence-corrected chi connectivity index (χ3v) is 1.43. The second-order valence-corrected chi connectivity index (χ2v) is 2.62. The summed E-state index contributed by atoms with van der Waals surface area (Å²) in [6.45, 7) is 3.02. The Kier molecular flexibility index (Phi) is 4.28. The van der Waals surface area contributed by atoms with E-state index in [9.17, 15) is 9.59 Å². The van der Waals surface area contributed by atoms with E-state index in [4.69, 9.17) is 15.6 Å². The van der Waals surface area contributed by atoms with Gasteiger partial charge in [0.2, 0.25) is 5.91 Å². The Labute approximate surface area is 70.5 Å². The fraction of sp³-hybridized carbons (Fsp3) is 0.714. The fourth-order valence-electron chi connectivity index (χ4n) is 0.442. The van der Waals surface area contributed by atoms with Gasteiger partial charge in [-0.25, -0.2) is 4.79 Å². The van der Waals surface area contributed by atoms with Gasteiger partial charge in [0.1, 0.15) is 0 Å². The van der Waals surface area contributed by atoms with Crippen molar-refractivity contribution in [3.8, 4) is 0 Å². The van der Waals surface area contributed by atoms with Gasteiger partial charge in [-0.2, -0.15) is 0 Å². The highest BCUT2D eigenvalue weighted by molar-refractivity contribution is 5.76. The second kappa shape index (κ2) is 4.71. The van der Waals surface area contributed by atoms with Crippen LogP contribution in [0, 0.1) is 5.92 Å². The summed E-state index contributed by atoms with van der Waals surface area (Å²) in [7, 11) is 0. The lowest BCUT2D eigenvalue weighted by Crippen LogP contribution is -2.29. The molecular weight excluding hydrogens is 162 g/mol. The van der Waals surface area contributed by atoms with Gasteiger partial charge in [-0.3, -0.25) is 4.79 Å². The normalized spacial score (nSPS) is 15.2. The molecule has 1 unspecified atom stereocenters. The van der Waals surface area contributed by atoms with E-state index < -0.39 is 23.9 Å². The maximum Gasteiger partial charge on any atom is 0.332 e. The highest BCUT2D eigenvalue weighted by atomic mass is 16.5. The predicted molar refractivity (Wildman–Crippen MR) is 41.4 cm³/mol. The zero-order chi connectivity index (χ0) is 9.72. The third kappa shape index (κ3) is 3.92. The first kappa shape index (κ1) is 10.9. The molecule has 0 radical (unpaired) electrons. The molecule has 1 amide bonds. The molecule has 0 saturated carbocycles. The Bertz CT molecular complexity index is 160. The van der Waals surface area contributed by atoms with E-state index in [1.807, 2.05) is 0 Å². The van der Waals surface area contributed by atoms with Crippen LogP contribution in [-0.2, 0) is 14.3 Å². The Morgan fingerprint density at radius 2 is 2.00 bits per heavy atom. The van der Waals surface area contributed by atoms with E-state index >= 15 is 0 Å². The highest BCUT2D eigenvalue weighted by Crippen LogP contribution is 1.98. The zero-order valence-corrected chi connectivity index (χ0v) is 7.11. The lowest BCUT2D eigenvalue weighted by atomic mass is 10.2. The molecule has 0 aromatic heterocycles. The molecule has 0 fully saturated rings. The molecule has 70 valence electrons. The zero-order valence-electron chi connectivity index (χ0n) is 7.11. The fourth-order valence-corrected chi connectivity index (χ4v) is 0.442. The van der Waals surface area contributed by atoms with E-state index in [1.165, 1.54) is 6.92 Å². The number of carbonyl (C=O) groups excluding carboxylic acids is 1. The number of primary amides is 1. The molecule has 0 aromatic carbocycles. The number of nitrogens with two attached hydrogens (primary N) is 1. The van der Waals surface area contributed by atoms with Crippen LogP contribution in [0.1, 0.15) is 13.8 Å². The van der Waals surface area contributed by atoms with Crippen LogP contribution in [0.3, 0.4) is 0 Å². The summed E-state index contributed by atoms with van der Waals surface area (Å²) in [5.41, 5.74) is 4.93. The van der Waals surface area contributed by atoms with Crippen LogP contribution in [0.4, 0.5) is 0 Å². The van der Waals surface area contributed by atoms with Gasteiger partial charge in [-0.15, -0.1) is 0 Å². The Balaban J connectivity index is 3.68. The van der Waals surface area contributed by atoms with E-state index in [0.29, 0.717) is 0 Å². The number of carbonyl (C=O) groups is 2. The molecule has 0 aliphatic carbocycles. The van der Waals surface area contributed by atoms with Gasteiger partial charge >= 0.3 is 5.97 Å². The van der Waals surface area contributed by atoms with E-state index in [0.717, 1.165) is 0 Å². The molecule has 5 heteroatoms. The minimum absolute atomic E-state index is 0.0444. The van der Waals surface area contributed by atoms with Crippen molar-refractivity contribution in [3.63, 3.8) is 0 Å². The number of hydrogen-bond acceptors (Lipinski definition) is 3. The average Bonchev–Trinajstić information content (AvgIpc) is 1.98. The van der Waals surface area contributed by atoms with Crippen molar-refractivity contribution in [1.82, 2.24) is 0 Å². The molecule has 0 saturated heterocycles. The number of hydrogen-bond donors (Lipinski definition) is 2. The van der Waals surface area contributed by atoms with Crippen molar-refractivity contribution in [1.29, 1.82) is 0 Å². The molecule has 0 aliphatic rings. The van der Waals surface area contributed by atoms with Gasteiger partial charge in [0.05, 0.1) is 12.5 Å². The van der Waals surface area contributed by atoms with Crippen LogP contribution in [-0.4, -0.2) is 29.7 Å². The van der Waals surface area contributed by atoms with Crippen LogP contribution in [0.25, 0.3) is 0 Å². The van der Waals surface area contributed by atoms with Gasteiger partial charge in [-0.1, -0.05) is 6.92 Å². The molecule has 0 aliphatic heterocycles. The van der Waals surface area contributed by atoms with Gasteiger partial charge < -0.3 is 15.6 Å². The summed E-state index contributed by atoms with van der Waals surface area (Å²) in [5.74, 6) is -1.99. The highest BCUT2D eigenvalue weighted by Gasteiger charge is 2.15. The minimum Gasteiger partial charge on any atom is -0.479 e. The van der Waals surface area contributed by atoms with Crippen LogP contribution in [0.5, 0.6) is 0 Å². The molecule has 0 rings (SSSR count). The SMILES string of the molecule is CC(CO[C@@H](C)C(=O)O)C(N)=O. The lowest BCUT2D eigenvalue weighted by Gasteiger charge is -2.10. The van der Waals surface area contributed by atoms with Gasteiger partial charge in [0, 0.05) is 0 Å². The van der Waals surface area contributed by atoms with E-state index in [2.05, 4.69) is 0 Å². The molecular formula is C7H13NO4. The largest absolute Gasteiger partial charge is 0.479 e. The van der Waals surface area contributed by atoms with Crippen molar-refractivity contribution in [3.05, 3.63) is 0 Å². The summed E-state index contributed by atoms with van der Waals surface area (Å²) in [4.78, 5) is 20.7. The molecule has 0 bridgehead atoms. The quantitative estimate of drug-likeness (QED) is 0.594. The first-order chi connectivity index (χ1) is 5.45. The van der Waals surface area contributed by atoms with Crippen LogP contribution in [0.2, 0.25) is 0 Å². The number of rotatable bonds is 5. The van der Waals surface area contributed by atoms with Crippen LogP contribution < -0.4 is 5.73 Å². The summed E-state index contributed by atoms with van der Waals surface area (Å²) in [6.07, 6.45) is -0.896. The van der Waals surface area contributed by atoms with E-state index in [1.54, 1.807) is 6.92 Å². The standard InChI is InChI=1S/C7H13NO4/c1-4(6(8)9)3-12-5(2)7(10)11/h4-5H,3H2,1-2H3,(H2,8,9)(H,10,11)/t4?,5-/m0/s1. The second-order valence-electron chi connectivity index (χ2n) is 2.62. The third-order valence-electron chi connectivity index (χ3n) is 1.43. The van der Waals surface area contributed by atoms with Gasteiger partial charge in [-0.05, 0) is 6.92 Å². The van der Waals surface area contributed by atoms with Gasteiger partial charge in [0.15, 0.2) is 6.10 Å². The maximum atomic E-state index is 10.5. The van der Waals surface area contributed by atoms with Crippen molar-refractivity contribution in [2.45, 2.75) is 20.0 Å². The summed E-state index contributed by atoms with van der Waals surface area (Å²) in [5, 5.41) is 8.39. The maximum absolute atomic E-state index is 10.5. The Morgan fingerprint density at radius 3 is 2.33 bits per heavy atom. The molecule has 5 nitrogen and oxygen atoms in total. The Hall–Kier alpha value is -1.10. The number of amides is 1. The summed E-state index contributed by atoms with van der Waals surface area (Å²) in [6, 6.07) is 0. The molecule has 0 aromatic rings. The van der Waals surface area contributed by atoms with Crippen molar-refractivity contribution in [2.24, 2.45) is 11.7 Å². The first-order valence-corrected chi connectivity index (χ1v) is 3.59. The van der Waals surface area contributed by atoms with Crippen molar-refractivity contribution < 1.29 is 19.4 Å². The van der Waals surface area contributed by atoms with Crippen molar-refractivity contribution >= 4 is 11.9 Å². The minimum atomic E-state index is -1.05. The predicted octanol–water partition coefficient (Wildman–Crippen LogP) is -0.402. The molecule has 12 heavy (non-hydrogen) atoms. The summed E-state index contributed by atoms with van der Waals surface area (Å²) >= 11 is 0. The summed E-state index contributed by atoms with van der Waals surface area (Å²) < 4.78 is 4.83. The molecule has 0 heterocycles. The topological polar surface area (TPSA) is 89.6 Å². The van der Waals surface area contributed by atoms with Gasteiger partial charge in [0.25, 0.3) is 0 Å². The van der Waals surface area contributed by atoms with E-state index in [-0.39, 0.29) is 6.61 Å². The number of ether oxygens (including phenoxy) is 1. The molecule has 0 spiro atoms. The van der Waals surface area contributed by atoms with Crippen LogP contribution in [0.15, 0.2) is 0 Å². The Morgan fingerprint density at radius 1 is 1.50 bits per heavy atom. The number of aliphatic carboxylic acids is 1. The number of carboxylic acids is 1. The smallest absolute Gasteiger partial charge is 0.332 e. The lowest BCUT2D eigenvalue weighted by molar-refractivity contribution is -0.150. The monoisotopic (exact) mass is 175 g/mol.